The minimum absolute atomic E-state index is 0.00768. The van der Waals surface area contributed by atoms with E-state index in [1.165, 1.54) is 18.2 Å². The number of benzene rings is 4. The first-order valence-electron chi connectivity index (χ1n) is 27.5. The summed E-state index contributed by atoms with van der Waals surface area (Å²) in [5.41, 5.74) is -2.78. The van der Waals surface area contributed by atoms with Crippen molar-refractivity contribution in [3.8, 4) is 80.0 Å². The summed E-state index contributed by atoms with van der Waals surface area (Å²) >= 11 is 0. The molecule has 0 spiro atoms. The van der Waals surface area contributed by atoms with Gasteiger partial charge in [-0.25, -0.2) is 4.79 Å². The topological polar surface area (TPSA) is 568 Å². The Hall–Kier alpha value is -8.57. The summed E-state index contributed by atoms with van der Waals surface area (Å²) < 4.78 is 67.9. The molecule has 4 saturated heterocycles. The van der Waals surface area contributed by atoms with Crippen LogP contribution in [-0.4, -0.2) is 252 Å². The number of aliphatic hydroxyl groups excluding tert-OH is 12. The summed E-state index contributed by atoms with van der Waals surface area (Å²) in [5, 5.41) is 190. The second kappa shape index (κ2) is 26.9. The molecule has 6 aliphatic rings. The van der Waals surface area contributed by atoms with E-state index in [-0.39, 0.29) is 39.7 Å². The van der Waals surface area contributed by atoms with Crippen LogP contribution in [0.3, 0.4) is 0 Å². The lowest BCUT2D eigenvalue weighted by atomic mass is 9.97. The van der Waals surface area contributed by atoms with Crippen LogP contribution in [0.1, 0.15) is 6.42 Å². The molecular weight excluding hydrogens is 1240 g/mol. The average Bonchev–Trinajstić information content (AvgIpc) is 0.901. The molecule has 0 bridgehead atoms. The molecule has 0 radical (unpaired) electrons. The van der Waals surface area contributed by atoms with Gasteiger partial charge in [-0.2, -0.15) is 0 Å². The molecule has 92 heavy (non-hydrogen) atoms. The van der Waals surface area contributed by atoms with E-state index in [4.69, 9.17) is 56.2 Å². The number of ether oxygens (including phenoxy) is 10. The van der Waals surface area contributed by atoms with E-state index >= 15 is 0 Å². The van der Waals surface area contributed by atoms with E-state index in [2.05, 4.69) is 0 Å². The first kappa shape index (κ1) is 66.4. The van der Waals surface area contributed by atoms with E-state index in [0.29, 0.717) is 6.07 Å². The van der Waals surface area contributed by atoms with Crippen LogP contribution in [0.2, 0.25) is 0 Å². The number of aromatic hydroxyl groups is 5. The van der Waals surface area contributed by atoms with Gasteiger partial charge in [0.25, 0.3) is 0 Å². The maximum absolute atomic E-state index is 14.7. The molecule has 496 valence electrons. The Morgan fingerprint density at radius 1 is 0.500 bits per heavy atom. The van der Waals surface area contributed by atoms with Crippen molar-refractivity contribution < 1.29 is 163 Å². The highest BCUT2D eigenvalue weighted by Crippen LogP contribution is 2.44. The lowest BCUT2D eigenvalue weighted by Gasteiger charge is -2.45. The van der Waals surface area contributed by atoms with Crippen molar-refractivity contribution in [1.82, 2.24) is 0 Å². The molecule has 3 aromatic carbocycles. The molecule has 0 amide bonds. The van der Waals surface area contributed by atoms with Crippen LogP contribution < -0.4 is 25.1 Å². The van der Waals surface area contributed by atoms with E-state index in [1.54, 1.807) is 0 Å². The molecule has 0 saturated carbocycles. The van der Waals surface area contributed by atoms with Crippen molar-refractivity contribution in [3.63, 3.8) is 0 Å². The number of fused-ring (bicyclic) bond motifs is 2. The summed E-state index contributed by atoms with van der Waals surface area (Å²) in [7, 11) is 0. The van der Waals surface area contributed by atoms with Gasteiger partial charge in [0.1, 0.15) is 132 Å². The lowest BCUT2D eigenvalue weighted by molar-refractivity contribution is -0.358. The summed E-state index contributed by atoms with van der Waals surface area (Å²) in [5.74, 6) is -11.0. The van der Waals surface area contributed by atoms with Crippen molar-refractivity contribution in [2.45, 2.75) is 129 Å². The van der Waals surface area contributed by atoms with Crippen molar-refractivity contribution in [3.05, 3.63) is 93.2 Å². The number of esters is 2. The molecule has 35 heteroatoms. The van der Waals surface area contributed by atoms with Gasteiger partial charge in [-0.1, -0.05) is 0 Å². The fourth-order valence-electron chi connectivity index (χ4n) is 10.3. The fraction of sp³-hybridized carbons (Fsp3) is 0.421. The van der Waals surface area contributed by atoms with Gasteiger partial charge < -0.3 is 148 Å². The molecule has 35 nitrogen and oxygen atoms in total. The minimum Gasteiger partial charge on any atom is -0.508 e. The predicted molar refractivity (Wildman–Crippen MR) is 292 cm³/mol. The van der Waals surface area contributed by atoms with Crippen molar-refractivity contribution in [2.75, 3.05) is 19.8 Å². The van der Waals surface area contributed by atoms with E-state index in [1.807, 2.05) is 0 Å². The van der Waals surface area contributed by atoms with Crippen LogP contribution in [0, 0.1) is 0 Å². The molecular formula is C57H58O35. The number of phenols is 5. The molecule has 1 aliphatic carbocycles. The van der Waals surface area contributed by atoms with Crippen LogP contribution in [0.25, 0.3) is 44.9 Å². The van der Waals surface area contributed by atoms with Gasteiger partial charge in [0.2, 0.25) is 30.0 Å². The zero-order chi connectivity index (χ0) is 66.5. The fourth-order valence-corrected chi connectivity index (χ4v) is 10.3. The zero-order valence-corrected chi connectivity index (χ0v) is 46.8. The Balaban J connectivity index is 0.876. The number of phenolic OH excluding ortho intramolecular Hbond substituents is 5. The molecule has 4 fully saturated rings. The van der Waals surface area contributed by atoms with Crippen molar-refractivity contribution in [2.24, 2.45) is 0 Å². The van der Waals surface area contributed by atoms with Crippen LogP contribution in [-0.2, 0) is 47.5 Å². The van der Waals surface area contributed by atoms with Gasteiger partial charge in [0.15, 0.2) is 58.8 Å². The third kappa shape index (κ3) is 13.2. The Morgan fingerprint density at radius 2 is 1.11 bits per heavy atom. The molecule has 20 atom stereocenters. The second-order valence-corrected chi connectivity index (χ2v) is 21.4. The third-order valence-electron chi connectivity index (χ3n) is 15.2. The first-order chi connectivity index (χ1) is 43.7. The Labute approximate surface area is 512 Å². The number of hydrogen-bond donors (Lipinski definition) is 18. The average molecular weight is 1300 g/mol. The van der Waals surface area contributed by atoms with E-state index < -0.39 is 229 Å². The standard InChI is InChI=1S/C57H58O35/c58-14-30-36(68)40(72)46(78)55(86-30)92-52-42(74)37(69)31(15-59)87-57(52)90-49-39(71)35-26(65)10-21(11-28(35)84-48(49)17-1-4-19(60)5-2-17)82-56-51(44(76)43(75)50(91-56)53(79)80)89-34(67)13-33(66)81-16-32-38(70)41(73)45(77)54(88-32)85-29-12-22-24(63)8-20(61)9-27(22)83-47(29)18-3-6-23(62)25(64)7-18/h1-12,30-32,36-38,40-46,50-52,54-60,62-65,68-70,72-78H,13-16H2,(H,79,80)/t30-,31-,32-,36-,37-,38-,40+,41+,42+,43+,44+,45-,46-,50+,51-,52-,54-,55+,56-,57+/m1/s1. The normalized spacial score (nSPS) is 31.6. The van der Waals surface area contributed by atoms with Crippen LogP contribution >= 0.6 is 0 Å². The van der Waals surface area contributed by atoms with E-state index in [0.717, 1.165) is 48.5 Å². The molecule has 4 aromatic rings. The van der Waals surface area contributed by atoms with Gasteiger partial charge in [-0.05, 0) is 48.5 Å². The highest BCUT2D eigenvalue weighted by atomic mass is 16.8. The predicted octanol–water partition coefficient (Wildman–Crippen LogP) is -4.64. The SMILES string of the molecule is O=C(CC(=O)O[C@H]1[C@H](Oc2cc(O)c3c(=O)c(O[C@@H]4O[C@H](CO)[C@@H](O)[C@H](O)[C@H]4O[C@@H]4O[C@H](CO)[C@@H](O)[C@H](O)[C@H]4O)c(-c4ccc(O)cc4)oc3c2)O[C@H](C(=O)O)[C@@H](O)[C@@H]1O)OC[C@H]1O[C@@H](Oc2cc3c(O)cc(=O)cc-3oc2-c2ccc(O)c(O)c2)[C@H](O)[C@@H](O)[C@@H]1O. The maximum Gasteiger partial charge on any atom is 0.335 e. The van der Waals surface area contributed by atoms with Gasteiger partial charge in [0, 0.05) is 35.4 Å². The van der Waals surface area contributed by atoms with Gasteiger partial charge in [0.05, 0.1) is 18.8 Å². The number of aliphatic carboxylic acids is 1. The first-order valence-corrected chi connectivity index (χ1v) is 27.5. The third-order valence-corrected chi connectivity index (χ3v) is 15.2. The molecule has 6 heterocycles. The number of aliphatic hydroxyl groups is 12. The van der Waals surface area contributed by atoms with Gasteiger partial charge in [-0.15, -0.1) is 0 Å². The van der Waals surface area contributed by atoms with Gasteiger partial charge >= 0.3 is 17.9 Å². The summed E-state index contributed by atoms with van der Waals surface area (Å²) in [6.07, 6.45) is -42.6. The molecule has 10 rings (SSSR count). The zero-order valence-electron chi connectivity index (χ0n) is 46.8. The summed E-state index contributed by atoms with van der Waals surface area (Å²) in [6.45, 7) is -2.93. The van der Waals surface area contributed by atoms with Crippen molar-refractivity contribution >= 4 is 28.9 Å². The monoisotopic (exact) mass is 1300 g/mol. The number of carboxylic acids is 1. The highest BCUT2D eigenvalue weighted by molar-refractivity contribution is 5.91. The van der Waals surface area contributed by atoms with Crippen molar-refractivity contribution in [1.29, 1.82) is 0 Å². The van der Waals surface area contributed by atoms with E-state index in [9.17, 15) is 116 Å². The van der Waals surface area contributed by atoms with Crippen LogP contribution in [0.4, 0.5) is 0 Å². The lowest BCUT2D eigenvalue weighted by Crippen LogP contribution is -2.65. The minimum atomic E-state index is -2.41. The molecule has 1 aromatic heterocycles. The molecule has 0 unspecified atom stereocenters. The number of carbonyl (C=O) groups is 3. The summed E-state index contributed by atoms with van der Waals surface area (Å²) in [4.78, 5) is 65.8. The number of carboxylic acid groups (broad SMARTS) is 1. The Kier molecular flexibility index (Phi) is 19.4. The molecule has 18 N–H and O–H groups in total. The van der Waals surface area contributed by atoms with Gasteiger partial charge in [-0.3, -0.25) is 19.2 Å². The number of carbonyl (C=O) groups excluding carboxylic acids is 2. The summed E-state index contributed by atoms with van der Waals surface area (Å²) in [6, 6.07) is 12.5. The second-order valence-electron chi connectivity index (χ2n) is 21.4. The number of rotatable bonds is 18. The highest BCUT2D eigenvalue weighted by Gasteiger charge is 2.54. The van der Waals surface area contributed by atoms with Crippen LogP contribution in [0.15, 0.2) is 91.2 Å². The maximum atomic E-state index is 14.7. The number of hydrogen-bond acceptors (Lipinski definition) is 34. The Morgan fingerprint density at radius 3 is 1.77 bits per heavy atom. The quantitative estimate of drug-likeness (QED) is 0.0219. The molecule has 5 aliphatic heterocycles. The van der Waals surface area contributed by atoms with Crippen LogP contribution in [0.5, 0.6) is 46.0 Å². The Bertz CT molecular complexity index is 3760. The smallest absolute Gasteiger partial charge is 0.335 e. The largest absolute Gasteiger partial charge is 0.508 e.